The highest BCUT2D eigenvalue weighted by atomic mass is 19.1. The molecule has 0 saturated carbocycles. The Balaban J connectivity index is 2.36. The molecule has 0 bridgehead atoms. The number of carbonyl (C=O) groups excluding carboxylic acids is 1. The maximum Gasteiger partial charge on any atom is 0.164 e. The fourth-order valence-corrected chi connectivity index (χ4v) is 1.49. The lowest BCUT2D eigenvalue weighted by molar-refractivity contribution is 0.0969. The van der Waals surface area contributed by atoms with E-state index in [1.807, 2.05) is 14.1 Å². The molecular weight excluding hydrogens is 219 g/mol. The Morgan fingerprint density at radius 3 is 2.53 bits per heavy atom. The van der Waals surface area contributed by atoms with E-state index in [1.165, 1.54) is 24.3 Å². The van der Waals surface area contributed by atoms with Crippen LogP contribution in [0.5, 0.6) is 0 Å². The van der Waals surface area contributed by atoms with Gasteiger partial charge in [-0.15, -0.1) is 0 Å². The third kappa shape index (κ3) is 5.06. The van der Waals surface area contributed by atoms with E-state index in [2.05, 4.69) is 10.2 Å². The van der Waals surface area contributed by atoms with Gasteiger partial charge >= 0.3 is 0 Å². The lowest BCUT2D eigenvalue weighted by Crippen LogP contribution is -2.29. The van der Waals surface area contributed by atoms with Crippen molar-refractivity contribution >= 4 is 5.78 Å². The number of nitrogens with one attached hydrogen (secondary N) is 1. The van der Waals surface area contributed by atoms with Gasteiger partial charge in [-0.3, -0.25) is 4.79 Å². The average molecular weight is 238 g/mol. The van der Waals surface area contributed by atoms with E-state index >= 15 is 0 Å². The normalized spacial score (nSPS) is 10.8. The summed E-state index contributed by atoms with van der Waals surface area (Å²) < 4.78 is 12.7. The number of halogens is 1. The van der Waals surface area contributed by atoms with E-state index < -0.39 is 0 Å². The molecule has 0 aromatic heterocycles. The molecule has 0 radical (unpaired) electrons. The average Bonchev–Trinajstić information content (AvgIpc) is 2.34. The molecule has 1 aromatic rings. The first-order valence-electron chi connectivity index (χ1n) is 5.75. The minimum Gasteiger partial charge on any atom is -0.318 e. The van der Waals surface area contributed by atoms with Gasteiger partial charge in [0.15, 0.2) is 5.78 Å². The van der Waals surface area contributed by atoms with Crippen LogP contribution in [-0.4, -0.2) is 44.4 Å². The molecule has 4 heteroatoms. The van der Waals surface area contributed by atoms with Gasteiger partial charge in [0.2, 0.25) is 0 Å². The molecular formula is C13H19FN2O. The van der Waals surface area contributed by atoms with Crippen molar-refractivity contribution in [3.63, 3.8) is 0 Å². The molecule has 0 aliphatic carbocycles. The van der Waals surface area contributed by atoms with Crippen molar-refractivity contribution in [2.75, 3.05) is 33.7 Å². The molecule has 0 fully saturated rings. The molecule has 1 aromatic carbocycles. The Bertz CT molecular complexity index is 351. The molecule has 0 saturated heterocycles. The molecule has 3 nitrogen and oxygen atoms in total. The summed E-state index contributed by atoms with van der Waals surface area (Å²) in [7, 11) is 3.88. The molecule has 1 rings (SSSR count). The summed E-state index contributed by atoms with van der Waals surface area (Å²) in [6.07, 6.45) is 0.464. The summed E-state index contributed by atoms with van der Waals surface area (Å²) in [5.74, 6) is -0.256. The maximum atomic E-state index is 12.7. The zero-order valence-electron chi connectivity index (χ0n) is 10.4. The van der Waals surface area contributed by atoms with Crippen molar-refractivity contribution in [3.05, 3.63) is 35.6 Å². The van der Waals surface area contributed by atoms with Crippen LogP contribution in [0.1, 0.15) is 16.8 Å². The Hall–Kier alpha value is -1.26. The van der Waals surface area contributed by atoms with Gasteiger partial charge in [-0.25, -0.2) is 4.39 Å². The lowest BCUT2D eigenvalue weighted by Gasteiger charge is -2.15. The van der Waals surface area contributed by atoms with Crippen LogP contribution < -0.4 is 5.32 Å². The first-order chi connectivity index (χ1) is 8.13. The third-order valence-corrected chi connectivity index (χ3v) is 2.63. The van der Waals surface area contributed by atoms with Crippen LogP contribution >= 0.6 is 0 Å². The van der Waals surface area contributed by atoms with Crippen LogP contribution in [0.4, 0.5) is 4.39 Å². The second-order valence-corrected chi connectivity index (χ2v) is 4.09. The van der Waals surface area contributed by atoms with Crippen LogP contribution in [0, 0.1) is 5.82 Å². The predicted molar refractivity (Wildman–Crippen MR) is 66.8 cm³/mol. The van der Waals surface area contributed by atoms with E-state index in [-0.39, 0.29) is 11.6 Å². The summed E-state index contributed by atoms with van der Waals surface area (Å²) in [5, 5.41) is 3.06. The highest BCUT2D eigenvalue weighted by molar-refractivity contribution is 5.96. The zero-order chi connectivity index (χ0) is 12.7. The van der Waals surface area contributed by atoms with Gasteiger partial charge in [0.1, 0.15) is 5.82 Å². The minimum absolute atomic E-state index is 0.0568. The smallest absolute Gasteiger partial charge is 0.164 e. The molecule has 0 atom stereocenters. The molecule has 0 aliphatic rings. The van der Waals surface area contributed by atoms with Gasteiger partial charge in [0.25, 0.3) is 0 Å². The number of benzene rings is 1. The van der Waals surface area contributed by atoms with Gasteiger partial charge in [-0.2, -0.15) is 0 Å². The maximum absolute atomic E-state index is 12.7. The number of Topliss-reactive ketones (excluding diaryl/α,β-unsaturated/α-hetero) is 1. The summed E-state index contributed by atoms with van der Waals surface area (Å²) in [4.78, 5) is 13.9. The van der Waals surface area contributed by atoms with Crippen LogP contribution in [0.25, 0.3) is 0 Å². The quantitative estimate of drug-likeness (QED) is 0.731. The lowest BCUT2D eigenvalue weighted by atomic mass is 10.1. The number of nitrogens with zero attached hydrogens (tertiary/aromatic N) is 1. The van der Waals surface area contributed by atoms with Crippen molar-refractivity contribution in [2.45, 2.75) is 6.42 Å². The Morgan fingerprint density at radius 2 is 1.94 bits per heavy atom. The van der Waals surface area contributed by atoms with E-state index in [0.717, 1.165) is 19.6 Å². The zero-order valence-corrected chi connectivity index (χ0v) is 10.4. The Morgan fingerprint density at radius 1 is 1.29 bits per heavy atom. The number of likely N-dealkylation sites (N-methyl/N-ethyl adjacent to an activating group) is 2. The second-order valence-electron chi connectivity index (χ2n) is 4.09. The van der Waals surface area contributed by atoms with Crippen molar-refractivity contribution in [1.29, 1.82) is 0 Å². The monoisotopic (exact) mass is 238 g/mol. The molecule has 0 heterocycles. The number of carbonyl (C=O) groups is 1. The molecule has 0 amide bonds. The number of hydrogen-bond acceptors (Lipinski definition) is 3. The van der Waals surface area contributed by atoms with Gasteiger partial charge in [0, 0.05) is 31.6 Å². The molecule has 1 N–H and O–H groups in total. The van der Waals surface area contributed by atoms with Crippen LogP contribution in [0.15, 0.2) is 24.3 Å². The summed E-state index contributed by atoms with van der Waals surface area (Å²) in [6.45, 7) is 2.53. The SMILES string of the molecule is CNCCN(C)CCC(=O)c1ccc(F)cc1. The minimum atomic E-state index is -0.312. The van der Waals surface area contributed by atoms with Gasteiger partial charge in [-0.1, -0.05) is 0 Å². The number of hydrogen-bond donors (Lipinski definition) is 1. The van der Waals surface area contributed by atoms with Gasteiger partial charge in [0.05, 0.1) is 0 Å². The standard InChI is InChI=1S/C13H19FN2O/c1-15-8-10-16(2)9-7-13(17)11-3-5-12(14)6-4-11/h3-6,15H,7-10H2,1-2H3. The Kier molecular flexibility index (Phi) is 5.80. The molecule has 0 unspecified atom stereocenters. The van der Waals surface area contributed by atoms with Crippen LogP contribution in [0.2, 0.25) is 0 Å². The predicted octanol–water partition coefficient (Wildman–Crippen LogP) is 1.55. The highest BCUT2D eigenvalue weighted by Crippen LogP contribution is 2.06. The van der Waals surface area contributed by atoms with E-state index in [9.17, 15) is 9.18 Å². The van der Waals surface area contributed by atoms with Crippen LogP contribution in [0.3, 0.4) is 0 Å². The van der Waals surface area contributed by atoms with Crippen molar-refractivity contribution in [3.8, 4) is 0 Å². The topological polar surface area (TPSA) is 32.3 Å². The number of ketones is 1. The fourth-order valence-electron chi connectivity index (χ4n) is 1.49. The number of rotatable bonds is 7. The van der Waals surface area contributed by atoms with Gasteiger partial charge < -0.3 is 10.2 Å². The molecule has 94 valence electrons. The van der Waals surface area contributed by atoms with E-state index in [0.29, 0.717) is 12.0 Å². The van der Waals surface area contributed by atoms with Gasteiger partial charge in [-0.05, 0) is 38.4 Å². The second kappa shape index (κ2) is 7.14. The largest absolute Gasteiger partial charge is 0.318 e. The Labute approximate surface area is 102 Å². The molecule has 0 spiro atoms. The first-order valence-corrected chi connectivity index (χ1v) is 5.75. The summed E-state index contributed by atoms with van der Waals surface area (Å²) in [6, 6.07) is 5.70. The van der Waals surface area contributed by atoms with Crippen LogP contribution in [-0.2, 0) is 0 Å². The van der Waals surface area contributed by atoms with E-state index in [1.54, 1.807) is 0 Å². The first kappa shape index (κ1) is 13.8. The van der Waals surface area contributed by atoms with Crippen molar-refractivity contribution in [2.24, 2.45) is 0 Å². The van der Waals surface area contributed by atoms with Crippen molar-refractivity contribution in [1.82, 2.24) is 10.2 Å². The van der Waals surface area contributed by atoms with E-state index in [4.69, 9.17) is 0 Å². The van der Waals surface area contributed by atoms with Crippen molar-refractivity contribution < 1.29 is 9.18 Å². The molecule has 0 aliphatic heterocycles. The summed E-state index contributed by atoms with van der Waals surface area (Å²) >= 11 is 0. The fraction of sp³-hybridized carbons (Fsp3) is 0.462. The summed E-state index contributed by atoms with van der Waals surface area (Å²) in [5.41, 5.74) is 0.577. The third-order valence-electron chi connectivity index (χ3n) is 2.63. The highest BCUT2D eigenvalue weighted by Gasteiger charge is 2.07. The molecule has 17 heavy (non-hydrogen) atoms.